The van der Waals surface area contributed by atoms with Crippen LogP contribution in [-0.4, -0.2) is 60.5 Å². The van der Waals surface area contributed by atoms with E-state index in [-0.39, 0.29) is 43.4 Å². The van der Waals surface area contributed by atoms with Crippen molar-refractivity contribution in [3.05, 3.63) is 77.9 Å². The minimum Gasteiger partial charge on any atom is -0.493 e. The number of para-hydroxylation sites is 1. The number of rotatable bonds is 13. The van der Waals surface area contributed by atoms with Crippen LogP contribution < -0.4 is 24.4 Å². The van der Waals surface area contributed by atoms with Crippen molar-refractivity contribution < 1.29 is 52.0 Å². The molecule has 0 saturated heterocycles. The first-order chi connectivity index (χ1) is 20.5. The van der Waals surface area contributed by atoms with E-state index in [1.54, 1.807) is 35.2 Å². The van der Waals surface area contributed by atoms with Crippen molar-refractivity contribution in [2.45, 2.75) is 31.5 Å². The summed E-state index contributed by atoms with van der Waals surface area (Å²) in [4.78, 5) is 37.4. The molecule has 10 nitrogen and oxygen atoms in total. The first-order valence-electron chi connectivity index (χ1n) is 13.3. The van der Waals surface area contributed by atoms with E-state index >= 15 is 0 Å². The fourth-order valence-corrected chi connectivity index (χ4v) is 4.33. The molecule has 3 aromatic carbocycles. The standard InChI is InChI=1S/C30H29F3N2O8/c31-30(32,33)20-5-1-6-22(17-20)42-16-4-15-41-21-12-10-19(11-13-21)28(38)34-23-7-2-8-24-27(23)43-25(29(39)40)18-35(24)14-3-9-26(36)37/h1-2,5-8,10-13,17,25H,3-4,9,14-16,18H2,(H,34,38)(H,36,37)(H,39,40). The predicted molar refractivity (Wildman–Crippen MR) is 149 cm³/mol. The molecule has 0 fully saturated rings. The Kier molecular flexibility index (Phi) is 9.96. The minimum atomic E-state index is -4.45. The Balaban J connectivity index is 1.32. The number of amides is 1. The number of carboxylic acid groups (broad SMARTS) is 2. The second kappa shape index (κ2) is 13.8. The molecule has 3 N–H and O–H groups in total. The lowest BCUT2D eigenvalue weighted by atomic mass is 10.1. The normalized spacial score (nSPS) is 14.3. The van der Waals surface area contributed by atoms with Gasteiger partial charge in [-0.05, 0) is 61.0 Å². The van der Waals surface area contributed by atoms with E-state index in [1.807, 2.05) is 0 Å². The molecule has 1 amide bonds. The molecule has 1 heterocycles. The zero-order valence-electron chi connectivity index (χ0n) is 22.8. The fraction of sp³-hybridized carbons (Fsp3) is 0.300. The van der Waals surface area contributed by atoms with E-state index in [4.69, 9.17) is 19.3 Å². The summed E-state index contributed by atoms with van der Waals surface area (Å²) in [5.41, 5.74) is 0.311. The summed E-state index contributed by atoms with van der Waals surface area (Å²) in [6, 6.07) is 15.8. The number of halogens is 3. The van der Waals surface area contributed by atoms with Gasteiger partial charge in [0.1, 0.15) is 11.5 Å². The van der Waals surface area contributed by atoms with Crippen molar-refractivity contribution in [2.75, 3.05) is 36.5 Å². The fourth-order valence-electron chi connectivity index (χ4n) is 4.33. The van der Waals surface area contributed by atoms with E-state index in [1.165, 1.54) is 24.3 Å². The molecule has 0 radical (unpaired) electrons. The number of nitrogens with zero attached hydrogens (tertiary/aromatic N) is 1. The summed E-state index contributed by atoms with van der Waals surface area (Å²) >= 11 is 0. The lowest BCUT2D eigenvalue weighted by Gasteiger charge is -2.35. The Hall–Kier alpha value is -4.94. The van der Waals surface area contributed by atoms with Crippen LogP contribution in [0.25, 0.3) is 0 Å². The number of carbonyl (C=O) groups is 3. The molecule has 0 bridgehead atoms. The van der Waals surface area contributed by atoms with Gasteiger partial charge in [0.25, 0.3) is 5.91 Å². The van der Waals surface area contributed by atoms with Gasteiger partial charge in [-0.15, -0.1) is 0 Å². The van der Waals surface area contributed by atoms with Gasteiger partial charge in [0.2, 0.25) is 6.10 Å². The molecule has 1 unspecified atom stereocenters. The molecular formula is C30H29F3N2O8. The van der Waals surface area contributed by atoms with Gasteiger partial charge in [-0.3, -0.25) is 9.59 Å². The molecule has 43 heavy (non-hydrogen) atoms. The van der Waals surface area contributed by atoms with E-state index in [0.717, 1.165) is 12.1 Å². The van der Waals surface area contributed by atoms with Crippen molar-refractivity contribution in [3.8, 4) is 17.2 Å². The highest BCUT2D eigenvalue weighted by atomic mass is 19.4. The van der Waals surface area contributed by atoms with Crippen LogP contribution in [0.3, 0.4) is 0 Å². The summed E-state index contributed by atoms with van der Waals surface area (Å²) in [6.45, 7) is 0.692. The highest BCUT2D eigenvalue weighted by Crippen LogP contribution is 2.40. The van der Waals surface area contributed by atoms with Gasteiger partial charge in [-0.2, -0.15) is 13.2 Å². The Morgan fingerprint density at radius 1 is 0.930 bits per heavy atom. The molecule has 0 spiro atoms. The van der Waals surface area contributed by atoms with Crippen molar-refractivity contribution in [1.82, 2.24) is 0 Å². The van der Waals surface area contributed by atoms with Gasteiger partial charge in [0.05, 0.1) is 36.7 Å². The van der Waals surface area contributed by atoms with E-state index < -0.39 is 35.7 Å². The third kappa shape index (κ3) is 8.53. The molecule has 228 valence electrons. The molecule has 1 atom stereocenters. The number of alkyl halides is 3. The summed E-state index contributed by atoms with van der Waals surface area (Å²) in [5, 5.41) is 21.3. The third-order valence-electron chi connectivity index (χ3n) is 6.43. The van der Waals surface area contributed by atoms with Gasteiger partial charge in [-0.25, -0.2) is 4.79 Å². The largest absolute Gasteiger partial charge is 0.493 e. The second-order valence-corrected chi connectivity index (χ2v) is 9.60. The molecule has 1 aliphatic heterocycles. The number of ether oxygens (including phenoxy) is 3. The number of hydrogen-bond acceptors (Lipinski definition) is 7. The molecule has 3 aromatic rings. The minimum absolute atomic E-state index is 0.0260. The van der Waals surface area contributed by atoms with Gasteiger partial charge < -0.3 is 34.6 Å². The number of fused-ring (bicyclic) bond motifs is 1. The van der Waals surface area contributed by atoms with Crippen molar-refractivity contribution in [1.29, 1.82) is 0 Å². The maximum Gasteiger partial charge on any atom is 0.416 e. The summed E-state index contributed by atoms with van der Waals surface area (Å²) < 4.78 is 55.2. The number of anilines is 2. The van der Waals surface area contributed by atoms with Gasteiger partial charge in [-0.1, -0.05) is 12.1 Å². The Labute approximate surface area is 244 Å². The molecule has 13 heteroatoms. The number of hydrogen-bond donors (Lipinski definition) is 3. The predicted octanol–water partition coefficient (Wildman–Crippen LogP) is 5.32. The van der Waals surface area contributed by atoms with Gasteiger partial charge >= 0.3 is 18.1 Å². The van der Waals surface area contributed by atoms with Crippen LogP contribution in [-0.2, 0) is 15.8 Å². The number of benzene rings is 3. The summed E-state index contributed by atoms with van der Waals surface area (Å²) in [6.07, 6.45) is -5.03. The van der Waals surface area contributed by atoms with Crippen LogP contribution in [0.5, 0.6) is 17.2 Å². The van der Waals surface area contributed by atoms with E-state index in [9.17, 15) is 32.7 Å². The Bertz CT molecular complexity index is 1450. The van der Waals surface area contributed by atoms with Crippen LogP contribution >= 0.6 is 0 Å². The first kappa shape index (κ1) is 31.0. The number of aliphatic carboxylic acids is 2. The molecule has 1 aliphatic rings. The third-order valence-corrected chi connectivity index (χ3v) is 6.43. The average Bonchev–Trinajstić information content (AvgIpc) is 2.97. The smallest absolute Gasteiger partial charge is 0.416 e. The van der Waals surface area contributed by atoms with Crippen LogP contribution in [0.15, 0.2) is 66.7 Å². The maximum absolute atomic E-state index is 13.0. The highest BCUT2D eigenvalue weighted by molar-refractivity contribution is 6.05. The molecule has 0 saturated carbocycles. The maximum atomic E-state index is 13.0. The van der Waals surface area contributed by atoms with Gasteiger partial charge in [0.15, 0.2) is 5.75 Å². The zero-order chi connectivity index (χ0) is 31.0. The van der Waals surface area contributed by atoms with Crippen molar-refractivity contribution in [2.24, 2.45) is 0 Å². The topological polar surface area (TPSA) is 135 Å². The van der Waals surface area contributed by atoms with Crippen LogP contribution in [0, 0.1) is 0 Å². The summed E-state index contributed by atoms with van der Waals surface area (Å²) in [5.74, 6) is -1.86. The lowest BCUT2D eigenvalue weighted by molar-refractivity contribution is -0.145. The van der Waals surface area contributed by atoms with Crippen LogP contribution in [0.2, 0.25) is 0 Å². The quantitative estimate of drug-likeness (QED) is 0.222. The lowest BCUT2D eigenvalue weighted by Crippen LogP contribution is -2.45. The monoisotopic (exact) mass is 602 g/mol. The first-order valence-corrected chi connectivity index (χ1v) is 13.3. The Morgan fingerprint density at radius 3 is 2.30 bits per heavy atom. The summed E-state index contributed by atoms with van der Waals surface area (Å²) in [7, 11) is 0. The van der Waals surface area contributed by atoms with E-state index in [0.29, 0.717) is 36.4 Å². The molecule has 4 rings (SSSR count). The second-order valence-electron chi connectivity index (χ2n) is 9.60. The molecular weight excluding hydrogens is 573 g/mol. The molecule has 0 aliphatic carbocycles. The zero-order valence-corrected chi connectivity index (χ0v) is 22.8. The van der Waals surface area contributed by atoms with E-state index in [2.05, 4.69) is 5.32 Å². The Morgan fingerprint density at radius 2 is 1.63 bits per heavy atom. The van der Waals surface area contributed by atoms with Gasteiger partial charge in [0, 0.05) is 24.9 Å². The molecule has 0 aromatic heterocycles. The SMILES string of the molecule is O=C(O)CCCN1CC(C(=O)O)Oc2c(NC(=O)c3ccc(OCCCOc4cccc(C(F)(F)F)c4)cc3)cccc21. The van der Waals surface area contributed by atoms with Crippen LogP contribution in [0.1, 0.15) is 35.2 Å². The van der Waals surface area contributed by atoms with Crippen molar-refractivity contribution >= 4 is 29.2 Å². The van der Waals surface area contributed by atoms with Crippen molar-refractivity contribution in [3.63, 3.8) is 0 Å². The number of carboxylic acids is 2. The van der Waals surface area contributed by atoms with Crippen LogP contribution in [0.4, 0.5) is 24.5 Å². The number of carbonyl (C=O) groups excluding carboxylic acids is 1. The highest BCUT2D eigenvalue weighted by Gasteiger charge is 2.33. The average molecular weight is 603 g/mol. The number of nitrogens with one attached hydrogen (secondary N) is 1.